The summed E-state index contributed by atoms with van der Waals surface area (Å²) < 4.78 is 33.6. The van der Waals surface area contributed by atoms with Gasteiger partial charge in [0.25, 0.3) is 0 Å². The first-order chi connectivity index (χ1) is 10.0. The van der Waals surface area contributed by atoms with E-state index in [4.69, 9.17) is 9.84 Å². The number of ether oxygens (including phenoxy) is 2. The number of aliphatic hydroxyl groups excluding tert-OH is 3. The molecule has 1 saturated heterocycles. The van der Waals surface area contributed by atoms with Crippen LogP contribution in [0, 0.1) is 0 Å². The molecule has 2 rings (SSSR count). The lowest BCUT2D eigenvalue weighted by atomic mass is 9.98. The zero-order chi connectivity index (χ0) is 15.4. The molecule has 9 heteroatoms. The molecular formula is C12H16F2N2O5. The van der Waals surface area contributed by atoms with Gasteiger partial charge >= 0.3 is 6.61 Å². The molecule has 0 aromatic carbocycles. The molecule has 118 valence electrons. The zero-order valence-corrected chi connectivity index (χ0v) is 10.9. The molecule has 1 aliphatic heterocycles. The normalized spacial score (nSPS) is 29.4. The summed E-state index contributed by atoms with van der Waals surface area (Å²) in [5.41, 5.74) is 0. The smallest absolute Gasteiger partial charge is 0.388 e. The number of aliphatic hydroxyl groups is 3. The van der Waals surface area contributed by atoms with E-state index in [9.17, 15) is 19.0 Å². The van der Waals surface area contributed by atoms with E-state index >= 15 is 0 Å². The standard InChI is InChI=1S/C12H16F2N2O5/c13-12(14)21-9-3-1-2-8(16-9)15-6-5-20-7(4-17)11(19)10(6)18/h1-3,6-7,10-12,17-19H,4-5H2,(H,15,16)/t6-,7+,10+,11-/m0/s1. The topological polar surface area (TPSA) is 104 Å². The van der Waals surface area contributed by atoms with Gasteiger partial charge < -0.3 is 30.1 Å². The Morgan fingerprint density at radius 2 is 2.14 bits per heavy atom. The number of aromatic nitrogens is 1. The van der Waals surface area contributed by atoms with Crippen LogP contribution in [0.4, 0.5) is 14.6 Å². The molecule has 0 amide bonds. The van der Waals surface area contributed by atoms with E-state index < -0.39 is 37.6 Å². The van der Waals surface area contributed by atoms with Crippen LogP contribution in [0.3, 0.4) is 0 Å². The maximum absolute atomic E-state index is 12.1. The molecular weight excluding hydrogens is 290 g/mol. The first-order valence-corrected chi connectivity index (χ1v) is 6.28. The number of pyridine rings is 1. The fourth-order valence-corrected chi connectivity index (χ4v) is 2.01. The van der Waals surface area contributed by atoms with E-state index in [0.717, 1.165) is 0 Å². The average molecular weight is 306 g/mol. The molecule has 0 radical (unpaired) electrons. The molecule has 1 fully saturated rings. The minimum atomic E-state index is -2.98. The summed E-state index contributed by atoms with van der Waals surface area (Å²) in [5, 5.41) is 31.4. The molecule has 1 aliphatic rings. The van der Waals surface area contributed by atoms with Crippen molar-refractivity contribution in [2.75, 3.05) is 18.5 Å². The second kappa shape index (κ2) is 6.94. The van der Waals surface area contributed by atoms with Crippen LogP contribution in [0.1, 0.15) is 0 Å². The monoisotopic (exact) mass is 306 g/mol. The van der Waals surface area contributed by atoms with E-state index in [1.54, 1.807) is 0 Å². The molecule has 1 aromatic heterocycles. The largest absolute Gasteiger partial charge is 0.417 e. The number of halogens is 2. The lowest BCUT2D eigenvalue weighted by Crippen LogP contribution is -2.56. The lowest BCUT2D eigenvalue weighted by molar-refractivity contribution is -0.152. The molecule has 0 saturated carbocycles. The maximum atomic E-state index is 12.1. The van der Waals surface area contributed by atoms with Crippen molar-refractivity contribution >= 4 is 5.82 Å². The van der Waals surface area contributed by atoms with Crippen molar-refractivity contribution in [2.24, 2.45) is 0 Å². The van der Waals surface area contributed by atoms with Gasteiger partial charge in [0.2, 0.25) is 5.88 Å². The van der Waals surface area contributed by atoms with Gasteiger partial charge in [-0.25, -0.2) is 0 Å². The van der Waals surface area contributed by atoms with Crippen LogP contribution in [0.15, 0.2) is 18.2 Å². The number of nitrogens with zero attached hydrogens (tertiary/aromatic N) is 1. The number of rotatable bonds is 5. The van der Waals surface area contributed by atoms with Crippen molar-refractivity contribution in [3.05, 3.63) is 18.2 Å². The van der Waals surface area contributed by atoms with Crippen LogP contribution < -0.4 is 10.1 Å². The summed E-state index contributed by atoms with van der Waals surface area (Å²) in [6.07, 6.45) is -3.32. The summed E-state index contributed by atoms with van der Waals surface area (Å²) >= 11 is 0. The zero-order valence-electron chi connectivity index (χ0n) is 10.9. The van der Waals surface area contributed by atoms with Gasteiger partial charge in [-0.2, -0.15) is 13.8 Å². The fraction of sp³-hybridized carbons (Fsp3) is 0.583. The third-order valence-electron chi connectivity index (χ3n) is 3.08. The number of alkyl halides is 2. The van der Waals surface area contributed by atoms with Crippen molar-refractivity contribution in [1.82, 2.24) is 4.98 Å². The van der Waals surface area contributed by atoms with Crippen molar-refractivity contribution in [1.29, 1.82) is 0 Å². The highest BCUT2D eigenvalue weighted by Gasteiger charge is 2.38. The molecule has 2 heterocycles. The summed E-state index contributed by atoms with van der Waals surface area (Å²) in [4.78, 5) is 3.79. The van der Waals surface area contributed by atoms with Crippen molar-refractivity contribution in [3.63, 3.8) is 0 Å². The number of hydrogen-bond acceptors (Lipinski definition) is 7. The van der Waals surface area contributed by atoms with E-state index in [1.165, 1.54) is 18.2 Å². The predicted octanol–water partition coefficient (Wildman–Crippen LogP) is -0.424. The van der Waals surface area contributed by atoms with Crippen LogP contribution in [0.25, 0.3) is 0 Å². The average Bonchev–Trinajstić information content (AvgIpc) is 2.44. The Labute approximate surface area is 119 Å². The fourth-order valence-electron chi connectivity index (χ4n) is 2.01. The second-order valence-corrected chi connectivity index (χ2v) is 4.53. The molecule has 0 bridgehead atoms. The molecule has 0 unspecified atom stereocenters. The first-order valence-electron chi connectivity index (χ1n) is 6.28. The van der Waals surface area contributed by atoms with Crippen LogP contribution in [-0.4, -0.2) is 64.5 Å². The quantitative estimate of drug-likeness (QED) is 0.585. The summed E-state index contributed by atoms with van der Waals surface area (Å²) in [6, 6.07) is 3.52. The van der Waals surface area contributed by atoms with Gasteiger partial charge in [0, 0.05) is 6.07 Å². The summed E-state index contributed by atoms with van der Waals surface area (Å²) in [5.74, 6) is -0.0783. The number of anilines is 1. The molecule has 0 aliphatic carbocycles. The highest BCUT2D eigenvalue weighted by molar-refractivity contribution is 5.38. The molecule has 4 atom stereocenters. The van der Waals surface area contributed by atoms with Gasteiger partial charge in [-0.15, -0.1) is 0 Å². The first kappa shape index (κ1) is 15.8. The highest BCUT2D eigenvalue weighted by atomic mass is 19.3. The van der Waals surface area contributed by atoms with Gasteiger partial charge in [-0.1, -0.05) is 6.07 Å². The van der Waals surface area contributed by atoms with Gasteiger partial charge in [0.15, 0.2) is 0 Å². The van der Waals surface area contributed by atoms with Crippen LogP contribution in [-0.2, 0) is 4.74 Å². The van der Waals surface area contributed by atoms with E-state index in [-0.39, 0.29) is 18.3 Å². The highest BCUT2D eigenvalue weighted by Crippen LogP contribution is 2.20. The van der Waals surface area contributed by atoms with Crippen molar-refractivity contribution < 1.29 is 33.6 Å². The van der Waals surface area contributed by atoms with Crippen molar-refractivity contribution in [2.45, 2.75) is 31.0 Å². The number of nitrogens with one attached hydrogen (secondary N) is 1. The molecule has 1 aromatic rings. The molecule has 7 nitrogen and oxygen atoms in total. The molecule has 4 N–H and O–H groups in total. The van der Waals surface area contributed by atoms with E-state index in [0.29, 0.717) is 0 Å². The second-order valence-electron chi connectivity index (χ2n) is 4.53. The van der Waals surface area contributed by atoms with E-state index in [2.05, 4.69) is 15.0 Å². The Morgan fingerprint density at radius 1 is 1.38 bits per heavy atom. The Hall–Kier alpha value is -1.55. The van der Waals surface area contributed by atoms with Gasteiger partial charge in [-0.05, 0) is 6.07 Å². The SMILES string of the molecule is OC[C@H]1OC[C@H](Nc2cccc(OC(F)F)n2)[C@@H](O)[C@H]1O. The van der Waals surface area contributed by atoms with Crippen LogP contribution in [0.5, 0.6) is 5.88 Å². The minimum absolute atomic E-state index is 0.0189. The third kappa shape index (κ3) is 3.97. The van der Waals surface area contributed by atoms with E-state index in [1.807, 2.05) is 0 Å². The molecule has 0 spiro atoms. The summed E-state index contributed by atoms with van der Waals surface area (Å²) in [6.45, 7) is -3.38. The van der Waals surface area contributed by atoms with Crippen LogP contribution >= 0.6 is 0 Å². The minimum Gasteiger partial charge on any atom is -0.417 e. The predicted molar refractivity (Wildman–Crippen MR) is 67.1 cm³/mol. The Kier molecular flexibility index (Phi) is 5.23. The molecule has 21 heavy (non-hydrogen) atoms. The Morgan fingerprint density at radius 3 is 2.81 bits per heavy atom. The maximum Gasteiger partial charge on any atom is 0.388 e. The van der Waals surface area contributed by atoms with Crippen LogP contribution in [0.2, 0.25) is 0 Å². The van der Waals surface area contributed by atoms with Gasteiger partial charge in [0.05, 0.1) is 19.3 Å². The Bertz CT molecular complexity index is 465. The third-order valence-corrected chi connectivity index (χ3v) is 3.08. The van der Waals surface area contributed by atoms with Gasteiger partial charge in [0.1, 0.15) is 24.1 Å². The number of hydrogen-bond donors (Lipinski definition) is 4. The van der Waals surface area contributed by atoms with Gasteiger partial charge in [-0.3, -0.25) is 0 Å². The lowest BCUT2D eigenvalue weighted by Gasteiger charge is -2.37. The Balaban J connectivity index is 2.01. The van der Waals surface area contributed by atoms with Crippen molar-refractivity contribution in [3.8, 4) is 5.88 Å². The summed E-state index contributed by atoms with van der Waals surface area (Å²) in [7, 11) is 0.